The third-order valence-corrected chi connectivity index (χ3v) is 7.59. The molecule has 7 nitrogen and oxygen atoms in total. The Morgan fingerprint density at radius 3 is 2.44 bits per heavy atom. The van der Waals surface area contributed by atoms with E-state index >= 15 is 0 Å². The van der Waals surface area contributed by atoms with Gasteiger partial charge in [0.15, 0.2) is 0 Å². The Hall–Kier alpha value is -4.30. The number of hydrogen-bond acceptors (Lipinski definition) is 5. The molecule has 0 saturated heterocycles. The molecule has 2 aromatic carbocycles. The van der Waals surface area contributed by atoms with Crippen molar-refractivity contribution in [3.8, 4) is 5.13 Å². The summed E-state index contributed by atoms with van der Waals surface area (Å²) in [6.07, 6.45) is 1.70. The van der Waals surface area contributed by atoms with Crippen molar-refractivity contribution < 1.29 is 0 Å². The van der Waals surface area contributed by atoms with Crippen molar-refractivity contribution in [2.75, 3.05) is 0 Å². The first-order valence-corrected chi connectivity index (χ1v) is 12.5. The molecule has 6 rings (SSSR count). The number of aromatic nitrogens is 5. The highest BCUT2D eigenvalue weighted by Crippen LogP contribution is 2.29. The van der Waals surface area contributed by atoms with E-state index < -0.39 is 0 Å². The van der Waals surface area contributed by atoms with Gasteiger partial charge in [-0.25, -0.2) is 4.98 Å². The fraction of sp³-hybridized carbons (Fsp3) is 0.143. The quantitative estimate of drug-likeness (QED) is 0.342. The van der Waals surface area contributed by atoms with Gasteiger partial charge in [0, 0.05) is 18.0 Å². The molecule has 0 bridgehead atoms. The molecule has 0 saturated carbocycles. The summed E-state index contributed by atoms with van der Waals surface area (Å²) in [5.74, 6) is 0. The largest absolute Gasteiger partial charge is 0.306 e. The standard InChI is InChI=1S/C28H23N5O2S/c1-18(20-10-4-3-5-11-20)32-23-16-25(34)31(17-21-12-8-9-15-29-21)19(2)26(23)27(35)33(32)28-30-22-13-6-7-14-24(22)36-28/h3-16,18H,17H2,1-2H3. The van der Waals surface area contributed by atoms with E-state index in [2.05, 4.69) is 4.98 Å². The number of thiazole rings is 1. The lowest BCUT2D eigenvalue weighted by molar-refractivity contribution is 0.519. The van der Waals surface area contributed by atoms with Crippen LogP contribution < -0.4 is 11.1 Å². The van der Waals surface area contributed by atoms with Gasteiger partial charge >= 0.3 is 0 Å². The maximum atomic E-state index is 14.1. The Morgan fingerprint density at radius 1 is 0.944 bits per heavy atom. The zero-order valence-corrected chi connectivity index (χ0v) is 20.6. The van der Waals surface area contributed by atoms with E-state index in [1.54, 1.807) is 21.5 Å². The third-order valence-electron chi connectivity index (χ3n) is 6.58. The summed E-state index contributed by atoms with van der Waals surface area (Å²) in [4.78, 5) is 36.6. The number of fused-ring (bicyclic) bond motifs is 2. The normalized spacial score (nSPS) is 12.4. The second-order valence-corrected chi connectivity index (χ2v) is 9.76. The van der Waals surface area contributed by atoms with E-state index in [1.165, 1.54) is 11.3 Å². The summed E-state index contributed by atoms with van der Waals surface area (Å²) in [6.45, 7) is 4.16. The molecule has 0 fully saturated rings. The second kappa shape index (κ2) is 8.73. The van der Waals surface area contributed by atoms with Gasteiger partial charge < -0.3 is 4.57 Å². The van der Waals surface area contributed by atoms with Crippen molar-refractivity contribution in [2.45, 2.75) is 26.4 Å². The smallest absolute Gasteiger partial charge is 0.283 e. The summed E-state index contributed by atoms with van der Waals surface area (Å²) in [5.41, 5.74) is 3.45. The van der Waals surface area contributed by atoms with Gasteiger partial charge in [0.1, 0.15) is 0 Å². The van der Waals surface area contributed by atoms with Crippen LogP contribution in [0.15, 0.2) is 94.6 Å². The molecular weight excluding hydrogens is 470 g/mol. The van der Waals surface area contributed by atoms with Gasteiger partial charge in [-0.05, 0) is 43.7 Å². The summed E-state index contributed by atoms with van der Waals surface area (Å²) >= 11 is 1.46. The molecule has 0 radical (unpaired) electrons. The van der Waals surface area contributed by atoms with Crippen LogP contribution in [0.3, 0.4) is 0 Å². The monoisotopic (exact) mass is 493 g/mol. The molecule has 0 aliphatic carbocycles. The zero-order chi connectivity index (χ0) is 24.8. The van der Waals surface area contributed by atoms with Crippen LogP contribution in [0.2, 0.25) is 0 Å². The van der Waals surface area contributed by atoms with Gasteiger partial charge in [-0.3, -0.25) is 19.3 Å². The van der Waals surface area contributed by atoms with E-state index in [1.807, 2.05) is 91.3 Å². The minimum atomic E-state index is -0.214. The average molecular weight is 494 g/mol. The Kier molecular flexibility index (Phi) is 5.38. The van der Waals surface area contributed by atoms with Crippen LogP contribution in [0.1, 0.15) is 29.9 Å². The molecular formula is C28H23N5O2S. The minimum Gasteiger partial charge on any atom is -0.306 e. The van der Waals surface area contributed by atoms with Crippen molar-refractivity contribution in [1.82, 2.24) is 23.9 Å². The molecule has 4 heterocycles. The van der Waals surface area contributed by atoms with Crippen LogP contribution >= 0.6 is 11.3 Å². The molecule has 0 N–H and O–H groups in total. The topological polar surface area (TPSA) is 74.7 Å². The minimum absolute atomic E-state index is 0.180. The van der Waals surface area contributed by atoms with E-state index in [0.29, 0.717) is 28.3 Å². The van der Waals surface area contributed by atoms with E-state index in [4.69, 9.17) is 4.98 Å². The van der Waals surface area contributed by atoms with Gasteiger partial charge in [-0.1, -0.05) is 59.9 Å². The highest BCUT2D eigenvalue weighted by atomic mass is 32.1. The number of rotatable bonds is 5. The fourth-order valence-corrected chi connectivity index (χ4v) is 5.71. The highest BCUT2D eigenvalue weighted by molar-refractivity contribution is 7.20. The molecule has 1 unspecified atom stereocenters. The summed E-state index contributed by atoms with van der Waals surface area (Å²) in [7, 11) is 0. The Labute approximate surface area is 210 Å². The van der Waals surface area contributed by atoms with E-state index in [-0.39, 0.29) is 17.2 Å². The predicted octanol–water partition coefficient (Wildman–Crippen LogP) is 4.92. The maximum absolute atomic E-state index is 14.1. The van der Waals surface area contributed by atoms with E-state index in [9.17, 15) is 9.59 Å². The van der Waals surface area contributed by atoms with Gasteiger partial charge in [-0.2, -0.15) is 4.68 Å². The van der Waals surface area contributed by atoms with Crippen LogP contribution in [-0.4, -0.2) is 23.9 Å². The summed E-state index contributed by atoms with van der Waals surface area (Å²) in [5, 5.41) is 1.08. The van der Waals surface area contributed by atoms with Gasteiger partial charge in [0.2, 0.25) is 5.13 Å². The molecule has 0 amide bonds. The number of hydrogen-bond donors (Lipinski definition) is 0. The van der Waals surface area contributed by atoms with E-state index in [0.717, 1.165) is 21.5 Å². The number of aryl methyl sites for hydroxylation is 1. The Bertz CT molecular complexity index is 1800. The molecule has 0 aliphatic rings. The molecule has 36 heavy (non-hydrogen) atoms. The Balaban J connectivity index is 1.66. The van der Waals surface area contributed by atoms with Crippen LogP contribution in [0.25, 0.3) is 26.3 Å². The third kappa shape index (κ3) is 3.58. The molecule has 4 aromatic heterocycles. The van der Waals surface area contributed by atoms with Gasteiger partial charge in [-0.15, -0.1) is 0 Å². The lowest BCUT2D eigenvalue weighted by atomic mass is 10.1. The first-order chi connectivity index (χ1) is 17.5. The lowest BCUT2D eigenvalue weighted by Crippen LogP contribution is -2.24. The van der Waals surface area contributed by atoms with Crippen LogP contribution in [0.5, 0.6) is 0 Å². The first kappa shape index (κ1) is 22.2. The number of benzene rings is 2. The van der Waals surface area contributed by atoms with Crippen LogP contribution in [0.4, 0.5) is 0 Å². The fourth-order valence-electron chi connectivity index (χ4n) is 4.74. The van der Waals surface area contributed by atoms with Crippen molar-refractivity contribution in [1.29, 1.82) is 0 Å². The van der Waals surface area contributed by atoms with Crippen LogP contribution in [-0.2, 0) is 6.54 Å². The highest BCUT2D eigenvalue weighted by Gasteiger charge is 2.25. The maximum Gasteiger partial charge on any atom is 0.283 e. The SMILES string of the molecule is Cc1c2c(=O)n(-c3nc4ccccc4s3)n(C(C)c3ccccc3)c2cc(=O)n1Cc1ccccn1. The van der Waals surface area contributed by atoms with Crippen molar-refractivity contribution in [2.24, 2.45) is 0 Å². The number of nitrogens with zero attached hydrogens (tertiary/aromatic N) is 5. The molecule has 0 spiro atoms. The van der Waals surface area contributed by atoms with Crippen LogP contribution in [0, 0.1) is 6.92 Å². The number of pyridine rings is 2. The molecule has 8 heteroatoms. The van der Waals surface area contributed by atoms with Gasteiger partial charge in [0.05, 0.1) is 39.4 Å². The zero-order valence-electron chi connectivity index (χ0n) is 19.8. The Morgan fingerprint density at radius 2 is 1.69 bits per heavy atom. The second-order valence-electron chi connectivity index (χ2n) is 8.75. The molecule has 0 aliphatic heterocycles. The lowest BCUT2D eigenvalue weighted by Gasteiger charge is -2.19. The number of para-hydroxylation sites is 1. The van der Waals surface area contributed by atoms with Crippen molar-refractivity contribution in [3.63, 3.8) is 0 Å². The van der Waals surface area contributed by atoms with Crippen molar-refractivity contribution in [3.05, 3.63) is 123 Å². The van der Waals surface area contributed by atoms with Gasteiger partial charge in [0.25, 0.3) is 11.1 Å². The predicted molar refractivity (Wildman–Crippen MR) is 143 cm³/mol. The first-order valence-electron chi connectivity index (χ1n) is 11.7. The molecule has 6 aromatic rings. The summed E-state index contributed by atoms with van der Waals surface area (Å²) < 4.78 is 6.15. The molecule has 1 atom stereocenters. The summed E-state index contributed by atoms with van der Waals surface area (Å²) in [6, 6.07) is 24.8. The van der Waals surface area contributed by atoms with Crippen molar-refractivity contribution >= 4 is 32.5 Å². The molecule has 178 valence electrons. The average Bonchev–Trinajstić information content (AvgIpc) is 3.45.